The first kappa shape index (κ1) is 29.5. The number of likely N-dealkylation sites (tertiary alicyclic amines) is 1. The van der Waals surface area contributed by atoms with Crippen molar-refractivity contribution in [3.8, 4) is 11.1 Å². The Morgan fingerprint density at radius 3 is 2.58 bits per heavy atom. The molecule has 1 saturated heterocycles. The molecular formula is C31H35N7O5. The molecule has 0 spiro atoms. The van der Waals surface area contributed by atoms with Crippen LogP contribution < -0.4 is 16.4 Å². The molecule has 12 nitrogen and oxygen atoms in total. The number of hydrogen-bond acceptors (Lipinski definition) is 8. The fraction of sp³-hybridized carbons (Fsp3) is 0.323. The number of nitrogens with one attached hydrogen (secondary N) is 2. The number of primary amides is 1. The number of nitrogens with two attached hydrogens (primary N) is 1. The SMILES string of the molecule is CCC1CN(C(=O)OCc2ccccc2)CC1Nc1c(C(N)=O)cnn2cc(-c3ccc(CNC(=O)COC)nc3)cc12. The largest absolute Gasteiger partial charge is 0.445 e. The summed E-state index contributed by atoms with van der Waals surface area (Å²) in [5.74, 6) is -0.691. The second kappa shape index (κ2) is 13.3. The first-order valence-electron chi connectivity index (χ1n) is 14.1. The Bertz CT molecular complexity index is 1590. The Morgan fingerprint density at radius 1 is 1.07 bits per heavy atom. The average molecular weight is 586 g/mol. The summed E-state index contributed by atoms with van der Waals surface area (Å²) in [5, 5.41) is 10.7. The van der Waals surface area contributed by atoms with Crippen LogP contribution in [0.3, 0.4) is 0 Å². The number of carbonyl (C=O) groups is 3. The van der Waals surface area contributed by atoms with Gasteiger partial charge in [0, 0.05) is 49.8 Å². The summed E-state index contributed by atoms with van der Waals surface area (Å²) in [7, 11) is 1.46. The van der Waals surface area contributed by atoms with Gasteiger partial charge in [-0.1, -0.05) is 43.3 Å². The second-order valence-electron chi connectivity index (χ2n) is 10.5. The van der Waals surface area contributed by atoms with Crippen LogP contribution in [0.25, 0.3) is 16.6 Å². The topological polar surface area (TPSA) is 153 Å². The van der Waals surface area contributed by atoms with E-state index in [0.29, 0.717) is 30.0 Å². The van der Waals surface area contributed by atoms with Gasteiger partial charge in [0.25, 0.3) is 5.91 Å². The van der Waals surface area contributed by atoms with Crippen molar-refractivity contribution >= 4 is 29.1 Å². The zero-order valence-corrected chi connectivity index (χ0v) is 24.2. The van der Waals surface area contributed by atoms with E-state index in [2.05, 4.69) is 27.6 Å². The minimum Gasteiger partial charge on any atom is -0.445 e. The van der Waals surface area contributed by atoms with Crippen LogP contribution in [-0.2, 0) is 27.4 Å². The smallest absolute Gasteiger partial charge is 0.410 e. The van der Waals surface area contributed by atoms with Crippen molar-refractivity contribution in [1.82, 2.24) is 24.8 Å². The molecule has 2 atom stereocenters. The third-order valence-electron chi connectivity index (χ3n) is 7.56. The molecule has 0 aliphatic carbocycles. The van der Waals surface area contributed by atoms with E-state index in [1.165, 1.54) is 13.3 Å². The molecule has 224 valence electrons. The minimum atomic E-state index is -0.605. The van der Waals surface area contributed by atoms with Crippen LogP contribution in [0.15, 0.2) is 67.1 Å². The molecule has 1 aliphatic rings. The zero-order chi connectivity index (χ0) is 30.3. The van der Waals surface area contributed by atoms with Crippen molar-refractivity contribution in [3.63, 3.8) is 0 Å². The highest BCUT2D eigenvalue weighted by molar-refractivity contribution is 6.02. The molecule has 3 amide bonds. The third kappa shape index (κ3) is 6.92. The van der Waals surface area contributed by atoms with Crippen molar-refractivity contribution in [1.29, 1.82) is 0 Å². The van der Waals surface area contributed by atoms with E-state index in [1.807, 2.05) is 54.7 Å². The number of aromatic nitrogens is 3. The molecule has 4 heterocycles. The van der Waals surface area contributed by atoms with E-state index in [-0.39, 0.29) is 49.3 Å². The van der Waals surface area contributed by atoms with E-state index in [4.69, 9.17) is 15.2 Å². The molecule has 1 fully saturated rings. The van der Waals surface area contributed by atoms with Crippen molar-refractivity contribution in [2.75, 3.05) is 32.1 Å². The lowest BCUT2D eigenvalue weighted by molar-refractivity contribution is -0.124. The van der Waals surface area contributed by atoms with Crippen LogP contribution in [-0.4, -0.2) is 70.3 Å². The van der Waals surface area contributed by atoms with Crippen molar-refractivity contribution in [2.24, 2.45) is 11.7 Å². The van der Waals surface area contributed by atoms with E-state index in [0.717, 1.165) is 23.1 Å². The molecule has 4 N–H and O–H groups in total. The number of amides is 3. The molecule has 4 aromatic rings. The van der Waals surface area contributed by atoms with Crippen molar-refractivity contribution in [2.45, 2.75) is 32.5 Å². The van der Waals surface area contributed by atoms with Gasteiger partial charge < -0.3 is 30.7 Å². The lowest BCUT2D eigenvalue weighted by Gasteiger charge is -2.21. The minimum absolute atomic E-state index is 0.0116. The maximum Gasteiger partial charge on any atom is 0.410 e. The quantitative estimate of drug-likeness (QED) is 0.243. The van der Waals surface area contributed by atoms with Gasteiger partial charge in [0.2, 0.25) is 5.91 Å². The molecule has 5 rings (SSSR count). The number of benzene rings is 1. The monoisotopic (exact) mass is 585 g/mol. The molecule has 0 saturated carbocycles. The third-order valence-corrected chi connectivity index (χ3v) is 7.56. The van der Waals surface area contributed by atoms with Crippen LogP contribution in [0.4, 0.5) is 10.5 Å². The highest BCUT2D eigenvalue weighted by Gasteiger charge is 2.36. The van der Waals surface area contributed by atoms with Gasteiger partial charge in [-0.15, -0.1) is 0 Å². The van der Waals surface area contributed by atoms with E-state index < -0.39 is 5.91 Å². The number of carbonyl (C=O) groups excluding carboxylic acids is 3. The molecule has 1 aliphatic heterocycles. The van der Waals surface area contributed by atoms with Gasteiger partial charge in [-0.25, -0.2) is 9.31 Å². The summed E-state index contributed by atoms with van der Waals surface area (Å²) in [4.78, 5) is 43.2. The first-order chi connectivity index (χ1) is 20.9. The van der Waals surface area contributed by atoms with Crippen LogP contribution in [0.1, 0.15) is 35.0 Å². The maximum absolute atomic E-state index is 12.9. The van der Waals surface area contributed by atoms with Crippen LogP contribution in [0.5, 0.6) is 0 Å². The Kier molecular flexibility index (Phi) is 9.16. The highest BCUT2D eigenvalue weighted by Crippen LogP contribution is 2.32. The fourth-order valence-corrected chi connectivity index (χ4v) is 5.22. The molecule has 0 radical (unpaired) electrons. The predicted octanol–water partition coefficient (Wildman–Crippen LogP) is 3.22. The molecule has 3 aromatic heterocycles. The Balaban J connectivity index is 1.34. The van der Waals surface area contributed by atoms with Gasteiger partial charge in [0.05, 0.1) is 35.2 Å². The van der Waals surface area contributed by atoms with Crippen molar-refractivity contribution in [3.05, 3.63) is 83.9 Å². The van der Waals surface area contributed by atoms with Gasteiger partial charge in [0.1, 0.15) is 13.2 Å². The van der Waals surface area contributed by atoms with E-state index in [9.17, 15) is 14.4 Å². The summed E-state index contributed by atoms with van der Waals surface area (Å²) < 4.78 is 12.1. The predicted molar refractivity (Wildman–Crippen MR) is 160 cm³/mol. The Morgan fingerprint density at radius 2 is 1.88 bits per heavy atom. The fourth-order valence-electron chi connectivity index (χ4n) is 5.22. The number of rotatable bonds is 11. The normalized spacial score (nSPS) is 16.3. The Hall–Kier alpha value is -4.97. The highest BCUT2D eigenvalue weighted by atomic mass is 16.6. The molecular weight excluding hydrogens is 550 g/mol. The number of ether oxygens (including phenoxy) is 2. The Labute approximate surface area is 249 Å². The van der Waals surface area contributed by atoms with Crippen LogP contribution >= 0.6 is 0 Å². The van der Waals surface area contributed by atoms with Gasteiger partial charge in [-0.3, -0.25) is 14.6 Å². The summed E-state index contributed by atoms with van der Waals surface area (Å²) >= 11 is 0. The van der Waals surface area contributed by atoms with E-state index >= 15 is 0 Å². The maximum atomic E-state index is 12.9. The van der Waals surface area contributed by atoms with Gasteiger partial charge in [-0.2, -0.15) is 5.10 Å². The van der Waals surface area contributed by atoms with Crippen LogP contribution in [0.2, 0.25) is 0 Å². The molecule has 12 heteroatoms. The summed E-state index contributed by atoms with van der Waals surface area (Å²) in [6, 6.07) is 15.1. The average Bonchev–Trinajstić information content (AvgIpc) is 3.64. The van der Waals surface area contributed by atoms with E-state index in [1.54, 1.807) is 15.6 Å². The number of nitrogens with zero attached hydrogens (tertiary/aromatic N) is 4. The summed E-state index contributed by atoms with van der Waals surface area (Å²) in [5.41, 5.74) is 10.5. The number of methoxy groups -OCH3 is 1. The van der Waals surface area contributed by atoms with Crippen LogP contribution in [0, 0.1) is 5.92 Å². The van der Waals surface area contributed by atoms with Gasteiger partial charge >= 0.3 is 6.09 Å². The number of fused-ring (bicyclic) bond motifs is 1. The number of pyridine rings is 1. The summed E-state index contributed by atoms with van der Waals surface area (Å²) in [6.07, 6.45) is 5.47. The second-order valence-corrected chi connectivity index (χ2v) is 10.5. The van der Waals surface area contributed by atoms with Gasteiger partial charge in [0.15, 0.2) is 0 Å². The molecule has 43 heavy (non-hydrogen) atoms. The molecule has 2 unspecified atom stereocenters. The number of anilines is 1. The summed E-state index contributed by atoms with van der Waals surface area (Å²) in [6.45, 7) is 3.50. The van der Waals surface area contributed by atoms with Crippen molar-refractivity contribution < 1.29 is 23.9 Å². The zero-order valence-electron chi connectivity index (χ0n) is 24.2. The van der Waals surface area contributed by atoms with Gasteiger partial charge in [-0.05, 0) is 30.0 Å². The number of hydrogen-bond donors (Lipinski definition) is 3. The first-order valence-corrected chi connectivity index (χ1v) is 14.1. The molecule has 1 aromatic carbocycles. The molecule has 0 bridgehead atoms. The standard InChI is InChI=1S/C31H35N7O5/c1-3-21-15-37(31(41)43-18-20-7-5-4-6-8-20)17-26(21)36-29-25(30(32)40)14-35-38-16-23(11-27(29)38)22-9-10-24(33-12-22)13-34-28(39)19-42-2/h4-12,14,16,21,26,36H,3,13,15,17-19H2,1-2H3,(H2,32,40)(H,34,39). The lowest BCUT2D eigenvalue weighted by Crippen LogP contribution is -2.33. The lowest BCUT2D eigenvalue weighted by atomic mass is 10.00.